The lowest BCUT2D eigenvalue weighted by molar-refractivity contribution is 0.276. The predicted octanol–water partition coefficient (Wildman–Crippen LogP) is 0.283. The van der Waals surface area contributed by atoms with Crippen LogP contribution in [0.5, 0.6) is 0 Å². The van der Waals surface area contributed by atoms with Crippen molar-refractivity contribution in [2.75, 3.05) is 28.7 Å². The molecule has 2 heterocycles. The van der Waals surface area contributed by atoms with Crippen LogP contribution in [0, 0.1) is 0 Å². The van der Waals surface area contributed by atoms with E-state index >= 15 is 0 Å². The van der Waals surface area contributed by atoms with Crippen LogP contribution in [0.4, 0.5) is 5.82 Å². The molecule has 106 valence electrons. The van der Waals surface area contributed by atoms with Gasteiger partial charge in [-0.2, -0.15) is 11.8 Å². The molecule has 2 rings (SSSR count). The maximum absolute atomic E-state index is 12.1. The van der Waals surface area contributed by atoms with Crippen molar-refractivity contribution in [1.82, 2.24) is 9.97 Å². The van der Waals surface area contributed by atoms with Gasteiger partial charge in [-0.25, -0.2) is 13.4 Å². The topological polar surface area (TPSA) is 83.4 Å². The Labute approximate surface area is 117 Å². The third-order valence-electron chi connectivity index (χ3n) is 3.05. The average Bonchev–Trinajstić information content (AvgIpc) is 2.47. The molecule has 0 aliphatic carbocycles. The lowest BCUT2D eigenvalue weighted by Crippen LogP contribution is -2.48. The number of nitrogens with zero attached hydrogens (tertiary/aromatic N) is 3. The van der Waals surface area contributed by atoms with Crippen LogP contribution in [0.1, 0.15) is 12.6 Å². The van der Waals surface area contributed by atoms with Crippen molar-refractivity contribution in [1.29, 1.82) is 0 Å². The smallest absolute Gasteiger partial charge is 0.171 e. The van der Waals surface area contributed by atoms with Gasteiger partial charge in [-0.15, -0.1) is 0 Å². The summed E-state index contributed by atoms with van der Waals surface area (Å²) < 4.78 is 24.2. The SMILES string of the molecule is CCS(=O)(=O)C1CSCCN1c1cnc(CO)cn1. The summed E-state index contributed by atoms with van der Waals surface area (Å²) >= 11 is 1.64. The molecule has 1 aromatic rings. The summed E-state index contributed by atoms with van der Waals surface area (Å²) in [5.41, 5.74) is 0.477. The van der Waals surface area contributed by atoms with Crippen molar-refractivity contribution in [3.05, 3.63) is 18.1 Å². The van der Waals surface area contributed by atoms with E-state index in [1.807, 2.05) is 0 Å². The Morgan fingerprint density at radius 2 is 2.26 bits per heavy atom. The first kappa shape index (κ1) is 14.5. The Morgan fingerprint density at radius 3 is 2.84 bits per heavy atom. The van der Waals surface area contributed by atoms with Gasteiger partial charge in [-0.05, 0) is 0 Å². The summed E-state index contributed by atoms with van der Waals surface area (Å²) in [6.45, 7) is 2.13. The minimum atomic E-state index is -3.15. The summed E-state index contributed by atoms with van der Waals surface area (Å²) in [6.07, 6.45) is 3.01. The van der Waals surface area contributed by atoms with Gasteiger partial charge in [0.15, 0.2) is 9.84 Å². The van der Waals surface area contributed by atoms with E-state index in [4.69, 9.17) is 5.11 Å². The van der Waals surface area contributed by atoms with Crippen LogP contribution in [-0.2, 0) is 16.4 Å². The van der Waals surface area contributed by atoms with Crippen LogP contribution < -0.4 is 4.90 Å². The molecule has 1 N–H and O–H groups in total. The zero-order valence-corrected chi connectivity index (χ0v) is 12.3. The number of aromatic nitrogens is 2. The maximum atomic E-state index is 12.1. The number of thioether (sulfide) groups is 1. The Morgan fingerprint density at radius 1 is 1.47 bits per heavy atom. The molecule has 1 unspecified atom stereocenters. The summed E-state index contributed by atoms with van der Waals surface area (Å²) in [5.74, 6) is 2.11. The minimum Gasteiger partial charge on any atom is -0.390 e. The molecular formula is C11H17N3O3S2. The van der Waals surface area contributed by atoms with E-state index in [1.165, 1.54) is 12.4 Å². The maximum Gasteiger partial charge on any atom is 0.171 e. The van der Waals surface area contributed by atoms with Crippen molar-refractivity contribution < 1.29 is 13.5 Å². The molecule has 8 heteroatoms. The second-order valence-electron chi connectivity index (χ2n) is 4.20. The number of hydrogen-bond donors (Lipinski definition) is 1. The summed E-state index contributed by atoms with van der Waals surface area (Å²) in [4.78, 5) is 10.1. The van der Waals surface area contributed by atoms with Gasteiger partial charge < -0.3 is 10.0 Å². The lowest BCUT2D eigenvalue weighted by Gasteiger charge is -2.35. The summed E-state index contributed by atoms with van der Waals surface area (Å²) in [5, 5.41) is 8.41. The molecule has 0 saturated carbocycles. The van der Waals surface area contributed by atoms with Gasteiger partial charge in [0.2, 0.25) is 0 Å². The number of anilines is 1. The number of aliphatic hydroxyl groups excluding tert-OH is 1. The molecule has 0 bridgehead atoms. The highest BCUT2D eigenvalue weighted by Gasteiger charge is 2.33. The molecule has 1 aliphatic heterocycles. The van der Waals surface area contributed by atoms with Crippen LogP contribution >= 0.6 is 11.8 Å². The average molecular weight is 303 g/mol. The van der Waals surface area contributed by atoms with Crippen molar-refractivity contribution in [3.8, 4) is 0 Å². The standard InChI is InChI=1S/C11H17N3O3S2/c1-2-19(16,17)11-8-18-4-3-14(11)10-6-12-9(7-15)5-13-10/h5-6,11,15H,2-4,7-8H2,1H3. The Balaban J connectivity index is 2.28. The summed E-state index contributed by atoms with van der Waals surface area (Å²) in [6, 6.07) is 0. The van der Waals surface area contributed by atoms with Gasteiger partial charge in [0.05, 0.1) is 24.7 Å². The van der Waals surface area contributed by atoms with Crippen molar-refractivity contribution in [2.24, 2.45) is 0 Å². The second-order valence-corrected chi connectivity index (χ2v) is 7.80. The van der Waals surface area contributed by atoms with E-state index < -0.39 is 15.2 Å². The number of hydrogen-bond acceptors (Lipinski definition) is 7. The van der Waals surface area contributed by atoms with Crippen LogP contribution in [0.3, 0.4) is 0 Å². The third kappa shape index (κ3) is 3.18. The van der Waals surface area contributed by atoms with Gasteiger partial charge in [0.1, 0.15) is 11.2 Å². The van der Waals surface area contributed by atoms with Crippen molar-refractivity contribution in [2.45, 2.75) is 18.9 Å². The molecular weight excluding hydrogens is 286 g/mol. The largest absolute Gasteiger partial charge is 0.390 e. The predicted molar refractivity (Wildman–Crippen MR) is 75.9 cm³/mol. The van der Waals surface area contributed by atoms with Gasteiger partial charge in [0, 0.05) is 23.8 Å². The second kappa shape index (κ2) is 6.06. The zero-order valence-electron chi connectivity index (χ0n) is 10.7. The first-order valence-corrected chi connectivity index (χ1v) is 8.93. The highest BCUT2D eigenvalue weighted by Crippen LogP contribution is 2.25. The van der Waals surface area contributed by atoms with Crippen LogP contribution in [-0.4, -0.2) is 52.7 Å². The van der Waals surface area contributed by atoms with E-state index in [2.05, 4.69) is 9.97 Å². The molecule has 0 aromatic carbocycles. The molecule has 0 radical (unpaired) electrons. The molecule has 1 aromatic heterocycles. The van der Waals surface area contributed by atoms with Gasteiger partial charge in [0.25, 0.3) is 0 Å². The number of aliphatic hydroxyl groups is 1. The van der Waals surface area contributed by atoms with Gasteiger partial charge in [-0.3, -0.25) is 4.98 Å². The Kier molecular flexibility index (Phi) is 4.64. The fourth-order valence-corrected chi connectivity index (χ4v) is 4.89. The normalized spacial score (nSPS) is 20.5. The zero-order chi connectivity index (χ0) is 13.9. The third-order valence-corrected chi connectivity index (χ3v) is 6.34. The monoisotopic (exact) mass is 303 g/mol. The van der Waals surface area contributed by atoms with Crippen molar-refractivity contribution >= 4 is 27.4 Å². The molecule has 0 amide bonds. The van der Waals surface area contributed by atoms with E-state index in [0.29, 0.717) is 23.8 Å². The minimum absolute atomic E-state index is 0.122. The quantitative estimate of drug-likeness (QED) is 0.855. The van der Waals surface area contributed by atoms with E-state index in [0.717, 1.165) is 5.75 Å². The summed E-state index contributed by atoms with van der Waals surface area (Å²) in [7, 11) is -3.15. The fourth-order valence-electron chi connectivity index (χ4n) is 1.91. The van der Waals surface area contributed by atoms with Crippen LogP contribution in [0.15, 0.2) is 12.4 Å². The van der Waals surface area contributed by atoms with Crippen LogP contribution in [0.2, 0.25) is 0 Å². The first-order chi connectivity index (χ1) is 9.08. The van der Waals surface area contributed by atoms with E-state index in [-0.39, 0.29) is 12.4 Å². The van der Waals surface area contributed by atoms with Crippen molar-refractivity contribution in [3.63, 3.8) is 0 Å². The first-order valence-electron chi connectivity index (χ1n) is 6.06. The molecule has 1 saturated heterocycles. The van der Waals surface area contributed by atoms with E-state index in [1.54, 1.807) is 23.6 Å². The lowest BCUT2D eigenvalue weighted by atomic mass is 10.4. The molecule has 19 heavy (non-hydrogen) atoms. The van der Waals surface area contributed by atoms with E-state index in [9.17, 15) is 8.42 Å². The molecule has 1 aliphatic rings. The Bertz CT molecular complexity index is 518. The molecule has 1 atom stereocenters. The van der Waals surface area contributed by atoms with Gasteiger partial charge >= 0.3 is 0 Å². The highest BCUT2D eigenvalue weighted by atomic mass is 32.2. The highest BCUT2D eigenvalue weighted by molar-refractivity contribution is 8.01. The fraction of sp³-hybridized carbons (Fsp3) is 0.636. The molecule has 1 fully saturated rings. The number of sulfone groups is 1. The molecule has 6 nitrogen and oxygen atoms in total. The van der Waals surface area contributed by atoms with Crippen LogP contribution in [0.25, 0.3) is 0 Å². The molecule has 0 spiro atoms. The number of rotatable bonds is 4. The Hall–Kier alpha value is -0.860. The van der Waals surface area contributed by atoms with Gasteiger partial charge in [-0.1, -0.05) is 6.92 Å².